The molecule has 1 fully saturated rings. The van der Waals surface area contributed by atoms with Crippen molar-refractivity contribution in [3.63, 3.8) is 0 Å². The number of hydrogen-bond donors (Lipinski definition) is 1. The average molecular weight is 457 g/mol. The summed E-state index contributed by atoms with van der Waals surface area (Å²) in [7, 11) is 0. The van der Waals surface area contributed by atoms with Crippen LogP contribution in [0.5, 0.6) is 5.75 Å². The third-order valence-corrected chi connectivity index (χ3v) is 6.61. The van der Waals surface area contributed by atoms with Gasteiger partial charge in [-0.05, 0) is 41.8 Å². The van der Waals surface area contributed by atoms with E-state index in [0.717, 1.165) is 36.1 Å². The largest absolute Gasteiger partial charge is 0.508 e. The van der Waals surface area contributed by atoms with Crippen molar-refractivity contribution in [3.8, 4) is 5.75 Å². The predicted octanol–water partition coefficient (Wildman–Crippen LogP) is 6.23. The van der Waals surface area contributed by atoms with Crippen molar-refractivity contribution in [2.24, 2.45) is 0 Å². The van der Waals surface area contributed by atoms with E-state index in [1.807, 2.05) is 12.1 Å². The maximum atomic E-state index is 10.5. The van der Waals surface area contributed by atoms with Crippen molar-refractivity contribution >= 4 is 27.5 Å². The molecule has 0 spiro atoms. The minimum absolute atomic E-state index is 0.202. The highest BCUT2D eigenvalue weighted by atomic mass is 79.9. The number of rotatable bonds is 5. The average Bonchev–Trinajstić information content (AvgIpc) is 3.13. The first kappa shape index (κ1) is 19.5. The van der Waals surface area contributed by atoms with Crippen molar-refractivity contribution in [2.45, 2.75) is 18.3 Å². The Balaban J connectivity index is 1.61. The fraction of sp³-hybridized carbons (Fsp3) is 0.250. The Labute approximate surface area is 179 Å². The minimum Gasteiger partial charge on any atom is -0.508 e. The molecule has 0 radical (unpaired) electrons. The molecular weight excluding hydrogens is 434 g/mol. The molecule has 0 saturated carbocycles. The van der Waals surface area contributed by atoms with Gasteiger partial charge in [-0.15, -0.1) is 0 Å². The van der Waals surface area contributed by atoms with E-state index in [0.29, 0.717) is 16.7 Å². The summed E-state index contributed by atoms with van der Waals surface area (Å²) in [6, 6.07) is 24.4. The first-order chi connectivity index (χ1) is 13.6. The standard InChI is InChI=1S/C24H23BrClNO/c25-23-9-5-4-8-19(23)21-15-27(13-12-17-6-2-1-3-7-17)16-22(21)20-14-18(26)10-11-24(20)28/h1-11,14,21-22,28H,12-13,15-16H2/t21-,22-/m0/s1. The van der Waals surface area contributed by atoms with Crippen LogP contribution in [-0.4, -0.2) is 29.6 Å². The zero-order valence-electron chi connectivity index (χ0n) is 15.6. The van der Waals surface area contributed by atoms with E-state index < -0.39 is 0 Å². The molecule has 1 aliphatic rings. The molecule has 1 heterocycles. The van der Waals surface area contributed by atoms with Gasteiger partial charge >= 0.3 is 0 Å². The van der Waals surface area contributed by atoms with Crippen LogP contribution in [0.25, 0.3) is 0 Å². The van der Waals surface area contributed by atoms with E-state index in [2.05, 4.69) is 69.4 Å². The number of phenolic OH excluding ortho intramolecular Hbond substituents is 1. The highest BCUT2D eigenvalue weighted by Gasteiger charge is 2.36. The van der Waals surface area contributed by atoms with Gasteiger partial charge in [0.15, 0.2) is 0 Å². The second-order valence-electron chi connectivity index (χ2n) is 7.43. The quantitative estimate of drug-likeness (QED) is 0.491. The van der Waals surface area contributed by atoms with Gasteiger partial charge in [0, 0.05) is 46.5 Å². The number of nitrogens with zero attached hydrogens (tertiary/aromatic N) is 1. The van der Waals surface area contributed by atoms with E-state index in [9.17, 15) is 5.11 Å². The molecule has 0 amide bonds. The van der Waals surface area contributed by atoms with Gasteiger partial charge in [0.25, 0.3) is 0 Å². The highest BCUT2D eigenvalue weighted by Crippen LogP contribution is 2.45. The molecule has 1 aliphatic heterocycles. The van der Waals surface area contributed by atoms with Gasteiger partial charge in [0.05, 0.1) is 0 Å². The van der Waals surface area contributed by atoms with Crippen molar-refractivity contribution in [2.75, 3.05) is 19.6 Å². The molecule has 1 N–H and O–H groups in total. The second-order valence-corrected chi connectivity index (χ2v) is 8.72. The first-order valence-electron chi connectivity index (χ1n) is 9.61. The van der Waals surface area contributed by atoms with Crippen LogP contribution in [0, 0.1) is 0 Å². The molecule has 144 valence electrons. The maximum absolute atomic E-state index is 10.5. The van der Waals surface area contributed by atoms with Gasteiger partial charge < -0.3 is 10.0 Å². The summed E-state index contributed by atoms with van der Waals surface area (Å²) in [6.07, 6.45) is 1.03. The summed E-state index contributed by atoms with van der Waals surface area (Å²) >= 11 is 9.99. The summed E-state index contributed by atoms with van der Waals surface area (Å²) in [4.78, 5) is 2.50. The van der Waals surface area contributed by atoms with Gasteiger partial charge in [-0.1, -0.05) is 76.1 Å². The molecule has 4 heteroatoms. The Bertz CT molecular complexity index is 946. The van der Waals surface area contributed by atoms with Crippen molar-refractivity contribution in [3.05, 3.63) is 99.0 Å². The van der Waals surface area contributed by atoms with E-state index in [1.165, 1.54) is 11.1 Å². The molecule has 0 bridgehead atoms. The third-order valence-electron chi connectivity index (χ3n) is 5.65. The number of hydrogen-bond acceptors (Lipinski definition) is 2. The third kappa shape index (κ3) is 4.27. The summed E-state index contributed by atoms with van der Waals surface area (Å²) < 4.78 is 1.12. The van der Waals surface area contributed by atoms with Crippen LogP contribution in [0.1, 0.15) is 28.5 Å². The summed E-state index contributed by atoms with van der Waals surface area (Å²) in [6.45, 7) is 2.88. The van der Waals surface area contributed by atoms with Crippen LogP contribution < -0.4 is 0 Å². The van der Waals surface area contributed by atoms with Crippen molar-refractivity contribution in [1.82, 2.24) is 4.90 Å². The fourth-order valence-corrected chi connectivity index (χ4v) is 4.99. The van der Waals surface area contributed by atoms with Crippen LogP contribution in [-0.2, 0) is 6.42 Å². The molecule has 0 unspecified atom stereocenters. The van der Waals surface area contributed by atoms with Crippen molar-refractivity contribution in [1.29, 1.82) is 0 Å². The van der Waals surface area contributed by atoms with Gasteiger partial charge in [0.1, 0.15) is 5.75 Å². The Hall–Kier alpha value is -1.81. The zero-order chi connectivity index (χ0) is 19.5. The molecule has 3 aromatic carbocycles. The van der Waals surface area contributed by atoms with E-state index >= 15 is 0 Å². The molecule has 2 atom stereocenters. The monoisotopic (exact) mass is 455 g/mol. The van der Waals surface area contributed by atoms with E-state index in [4.69, 9.17) is 11.6 Å². The Morgan fingerprint density at radius 2 is 1.57 bits per heavy atom. The van der Waals surface area contributed by atoms with Gasteiger partial charge in [-0.3, -0.25) is 0 Å². The first-order valence-corrected chi connectivity index (χ1v) is 10.8. The topological polar surface area (TPSA) is 23.5 Å². The van der Waals surface area contributed by atoms with Gasteiger partial charge in [-0.2, -0.15) is 0 Å². The lowest BCUT2D eigenvalue weighted by Gasteiger charge is -2.21. The number of halogens is 2. The summed E-state index contributed by atoms with van der Waals surface area (Å²) in [5.74, 6) is 0.834. The van der Waals surface area contributed by atoms with Crippen LogP contribution in [0.4, 0.5) is 0 Å². The lowest BCUT2D eigenvalue weighted by molar-refractivity contribution is 0.335. The van der Waals surface area contributed by atoms with Crippen LogP contribution in [0.3, 0.4) is 0 Å². The minimum atomic E-state index is 0.202. The second kappa shape index (κ2) is 8.69. The lowest BCUT2D eigenvalue weighted by Crippen LogP contribution is -2.23. The van der Waals surface area contributed by atoms with Gasteiger partial charge in [0.2, 0.25) is 0 Å². The van der Waals surface area contributed by atoms with Gasteiger partial charge in [-0.25, -0.2) is 0 Å². The van der Waals surface area contributed by atoms with Crippen molar-refractivity contribution < 1.29 is 5.11 Å². The Kier molecular flexibility index (Phi) is 6.05. The normalized spacial score (nSPS) is 19.8. The van der Waals surface area contributed by atoms with Crippen LogP contribution in [0.2, 0.25) is 5.02 Å². The number of aromatic hydroxyl groups is 1. The molecule has 28 heavy (non-hydrogen) atoms. The molecule has 0 aliphatic carbocycles. The number of likely N-dealkylation sites (tertiary alicyclic amines) is 1. The Morgan fingerprint density at radius 1 is 0.893 bits per heavy atom. The zero-order valence-corrected chi connectivity index (χ0v) is 17.9. The fourth-order valence-electron chi connectivity index (χ4n) is 4.23. The molecule has 3 aromatic rings. The SMILES string of the molecule is Oc1ccc(Cl)cc1[C@@H]1CN(CCc2ccccc2)C[C@H]1c1ccccc1Br. The molecule has 4 rings (SSSR count). The molecular formula is C24H23BrClNO. The van der Waals surface area contributed by atoms with E-state index in [1.54, 1.807) is 12.1 Å². The summed E-state index contributed by atoms with van der Waals surface area (Å²) in [5.41, 5.74) is 3.58. The lowest BCUT2D eigenvalue weighted by atomic mass is 9.84. The van der Waals surface area contributed by atoms with E-state index in [-0.39, 0.29) is 5.92 Å². The predicted molar refractivity (Wildman–Crippen MR) is 119 cm³/mol. The van der Waals surface area contributed by atoms with Crippen LogP contribution >= 0.6 is 27.5 Å². The summed E-state index contributed by atoms with van der Waals surface area (Å²) in [5, 5.41) is 11.2. The molecule has 2 nitrogen and oxygen atoms in total. The Morgan fingerprint density at radius 3 is 2.32 bits per heavy atom. The number of phenols is 1. The highest BCUT2D eigenvalue weighted by molar-refractivity contribution is 9.10. The number of benzene rings is 3. The smallest absolute Gasteiger partial charge is 0.119 e. The maximum Gasteiger partial charge on any atom is 0.119 e. The van der Waals surface area contributed by atoms with Crippen LogP contribution in [0.15, 0.2) is 77.3 Å². The molecule has 0 aromatic heterocycles. The molecule has 1 saturated heterocycles.